The van der Waals surface area contributed by atoms with Gasteiger partial charge in [-0.15, -0.1) is 11.3 Å². The molecule has 8 nitrogen and oxygen atoms in total. The number of nitrogens with one attached hydrogen (secondary N) is 2. The smallest absolute Gasteiger partial charge is 0.251 e. The van der Waals surface area contributed by atoms with Crippen molar-refractivity contribution >= 4 is 28.3 Å². The highest BCUT2D eigenvalue weighted by Crippen LogP contribution is 2.35. The number of aryl methyl sites for hydroxylation is 1. The number of aromatic hydroxyl groups is 1. The van der Waals surface area contributed by atoms with Crippen molar-refractivity contribution in [3.63, 3.8) is 0 Å². The number of hydrogen-bond acceptors (Lipinski definition) is 7. The molecule has 0 saturated heterocycles. The molecule has 0 fully saturated rings. The number of carbonyl (C=O) groups excluding carboxylic acids is 1. The normalized spacial score (nSPS) is 11.0. The van der Waals surface area contributed by atoms with E-state index in [1.54, 1.807) is 55.0 Å². The second kappa shape index (κ2) is 9.55. The summed E-state index contributed by atoms with van der Waals surface area (Å²) < 4.78 is 5.38. The maximum absolute atomic E-state index is 12.7. The Morgan fingerprint density at radius 1 is 1.14 bits per heavy atom. The molecule has 3 heterocycles. The Balaban J connectivity index is 1.39. The lowest BCUT2D eigenvalue weighted by atomic mass is 10.0. The zero-order chi connectivity index (χ0) is 24.4. The summed E-state index contributed by atoms with van der Waals surface area (Å²) in [6.45, 7) is 2.50. The molecule has 35 heavy (non-hydrogen) atoms. The van der Waals surface area contributed by atoms with E-state index >= 15 is 0 Å². The summed E-state index contributed by atoms with van der Waals surface area (Å²) in [5.41, 5.74) is 6.93. The molecule has 0 unspecified atom stereocenters. The van der Waals surface area contributed by atoms with E-state index < -0.39 is 0 Å². The molecule has 176 valence electrons. The molecule has 5 rings (SSSR count). The number of rotatable bonds is 7. The molecule has 0 aliphatic heterocycles. The molecule has 0 radical (unpaired) electrons. The molecule has 3 N–H and O–H groups in total. The number of fused-ring (bicyclic) bond motifs is 1. The van der Waals surface area contributed by atoms with E-state index in [1.165, 1.54) is 4.88 Å². The quantitative estimate of drug-likeness (QED) is 0.307. The minimum Gasteiger partial charge on any atom is -0.507 e. The number of thiazole rings is 1. The van der Waals surface area contributed by atoms with Crippen molar-refractivity contribution < 1.29 is 14.6 Å². The van der Waals surface area contributed by atoms with Crippen LogP contribution in [0.2, 0.25) is 0 Å². The van der Waals surface area contributed by atoms with Gasteiger partial charge >= 0.3 is 0 Å². The molecule has 9 heteroatoms. The first-order valence-electron chi connectivity index (χ1n) is 11.0. The molecule has 0 aliphatic rings. The molecule has 1 amide bonds. The van der Waals surface area contributed by atoms with Gasteiger partial charge in [0.2, 0.25) is 5.88 Å². The second-order valence-electron chi connectivity index (χ2n) is 7.98. The highest BCUT2D eigenvalue weighted by molar-refractivity contribution is 7.09. The van der Waals surface area contributed by atoms with Crippen LogP contribution in [0.5, 0.6) is 11.6 Å². The fourth-order valence-corrected chi connectivity index (χ4v) is 4.68. The number of H-pyrrole nitrogens is 1. The van der Waals surface area contributed by atoms with E-state index in [-0.39, 0.29) is 11.7 Å². The maximum atomic E-state index is 12.7. The monoisotopic (exact) mass is 485 g/mol. The lowest BCUT2D eigenvalue weighted by molar-refractivity contribution is 0.0954. The van der Waals surface area contributed by atoms with E-state index in [4.69, 9.17) is 4.74 Å². The third-order valence-electron chi connectivity index (χ3n) is 5.75. The van der Waals surface area contributed by atoms with Crippen molar-refractivity contribution in [1.29, 1.82) is 0 Å². The van der Waals surface area contributed by atoms with E-state index in [2.05, 4.69) is 25.3 Å². The number of carbonyl (C=O) groups is 1. The van der Waals surface area contributed by atoms with Gasteiger partial charge in [-0.05, 0) is 55.0 Å². The van der Waals surface area contributed by atoms with Crippen molar-refractivity contribution in [1.82, 2.24) is 25.3 Å². The first-order chi connectivity index (χ1) is 17.0. The van der Waals surface area contributed by atoms with E-state index in [0.29, 0.717) is 40.4 Å². The number of methoxy groups -OCH3 is 1. The zero-order valence-corrected chi connectivity index (χ0v) is 20.0. The van der Waals surface area contributed by atoms with E-state index in [9.17, 15) is 9.90 Å². The number of aromatic amines is 1. The molecule has 0 spiro atoms. The summed E-state index contributed by atoms with van der Waals surface area (Å²) in [5.74, 6) is 0.932. The largest absolute Gasteiger partial charge is 0.507 e. The zero-order valence-electron chi connectivity index (χ0n) is 19.2. The van der Waals surface area contributed by atoms with Crippen LogP contribution in [-0.2, 0) is 6.42 Å². The minimum absolute atomic E-state index is 0.0898. The SMILES string of the molecule is COc1ncccc1-c1ccc(O)c(-c2nc3ccc(C(=O)NCCc4scnc4C)cc3[nH]2)c1. The molecule has 0 aliphatic carbocycles. The minimum atomic E-state index is -0.154. The summed E-state index contributed by atoms with van der Waals surface area (Å²) in [7, 11) is 1.57. The highest BCUT2D eigenvalue weighted by atomic mass is 32.1. The fourth-order valence-electron chi connectivity index (χ4n) is 3.90. The molecule has 2 aromatic carbocycles. The van der Waals surface area contributed by atoms with Gasteiger partial charge in [-0.3, -0.25) is 4.79 Å². The summed E-state index contributed by atoms with van der Waals surface area (Å²) in [6, 6.07) is 14.3. The second-order valence-corrected chi connectivity index (χ2v) is 8.92. The third kappa shape index (κ3) is 4.58. The Labute approximate surface area is 205 Å². The molecule has 0 atom stereocenters. The Morgan fingerprint density at radius 2 is 2.03 bits per heavy atom. The summed E-state index contributed by atoms with van der Waals surface area (Å²) in [5, 5.41) is 13.5. The molecule has 0 saturated carbocycles. The topological polar surface area (TPSA) is 113 Å². The molecule has 0 bridgehead atoms. The first kappa shape index (κ1) is 22.5. The number of pyridine rings is 1. The number of aromatic nitrogens is 4. The number of hydrogen-bond donors (Lipinski definition) is 3. The van der Waals surface area contributed by atoms with Crippen molar-refractivity contribution in [3.05, 3.63) is 76.4 Å². The van der Waals surface area contributed by atoms with Crippen molar-refractivity contribution in [3.8, 4) is 34.1 Å². The number of imidazole rings is 1. The lowest BCUT2D eigenvalue weighted by Gasteiger charge is -2.09. The van der Waals surface area contributed by atoms with Crippen molar-refractivity contribution in [2.45, 2.75) is 13.3 Å². The third-order valence-corrected chi connectivity index (χ3v) is 6.75. The molecule has 3 aromatic heterocycles. The number of nitrogens with zero attached hydrogens (tertiary/aromatic N) is 3. The van der Waals surface area contributed by atoms with Gasteiger partial charge in [0.05, 0.1) is 34.9 Å². The van der Waals surface area contributed by atoms with Gasteiger partial charge in [-0.25, -0.2) is 15.0 Å². The van der Waals surface area contributed by atoms with Gasteiger partial charge in [0, 0.05) is 35.2 Å². The standard InChI is InChI=1S/C26H23N5O3S/c1-15-23(35-14-29-15)9-11-27-25(33)17-5-7-20-21(13-17)31-24(30-20)19-12-16(6-8-22(19)32)18-4-3-10-28-26(18)34-2/h3-8,10,12-14,32H,9,11H2,1-2H3,(H,27,33)(H,30,31). The highest BCUT2D eigenvalue weighted by Gasteiger charge is 2.15. The van der Waals surface area contributed by atoms with Crippen LogP contribution in [0, 0.1) is 6.92 Å². The van der Waals surface area contributed by atoms with Gasteiger partial charge < -0.3 is 20.1 Å². The number of phenols is 1. The lowest BCUT2D eigenvalue weighted by Crippen LogP contribution is -2.25. The van der Waals surface area contributed by atoms with Crippen LogP contribution in [-0.4, -0.2) is 44.6 Å². The van der Waals surface area contributed by atoms with E-state index in [0.717, 1.165) is 23.2 Å². The van der Waals surface area contributed by atoms with Gasteiger partial charge in [-0.2, -0.15) is 0 Å². The fraction of sp³-hybridized carbons (Fsp3) is 0.154. The van der Waals surface area contributed by atoms with E-state index in [1.807, 2.05) is 30.6 Å². The van der Waals surface area contributed by atoms with Crippen LogP contribution in [0.4, 0.5) is 0 Å². The number of ether oxygens (including phenoxy) is 1. The predicted molar refractivity (Wildman–Crippen MR) is 136 cm³/mol. The Morgan fingerprint density at radius 3 is 2.83 bits per heavy atom. The molecule has 5 aromatic rings. The Bertz CT molecular complexity index is 1520. The van der Waals surface area contributed by atoms with Crippen LogP contribution in [0.15, 0.2) is 60.2 Å². The Kier molecular flexibility index (Phi) is 6.15. The van der Waals surface area contributed by atoms with Crippen molar-refractivity contribution in [2.24, 2.45) is 0 Å². The van der Waals surface area contributed by atoms with Crippen molar-refractivity contribution in [2.75, 3.05) is 13.7 Å². The summed E-state index contributed by atoms with van der Waals surface area (Å²) in [6.07, 6.45) is 2.41. The first-order valence-corrected chi connectivity index (χ1v) is 11.9. The molecular weight excluding hydrogens is 462 g/mol. The van der Waals surface area contributed by atoms with Crippen LogP contribution in [0.25, 0.3) is 33.5 Å². The van der Waals surface area contributed by atoms with Gasteiger partial charge in [-0.1, -0.05) is 6.07 Å². The van der Waals surface area contributed by atoms with Crippen LogP contribution in [0.3, 0.4) is 0 Å². The summed E-state index contributed by atoms with van der Waals surface area (Å²) in [4.78, 5) is 30.2. The number of benzene rings is 2. The average molecular weight is 486 g/mol. The number of amides is 1. The number of phenolic OH excluding ortho intramolecular Hbond substituents is 1. The average Bonchev–Trinajstić information content (AvgIpc) is 3.49. The van der Waals surface area contributed by atoms with Crippen LogP contribution in [0.1, 0.15) is 20.9 Å². The summed E-state index contributed by atoms with van der Waals surface area (Å²) >= 11 is 1.60. The predicted octanol–water partition coefficient (Wildman–Crippen LogP) is 4.74. The Hall–Kier alpha value is -4.24. The van der Waals surface area contributed by atoms with Gasteiger partial charge in [0.1, 0.15) is 11.6 Å². The van der Waals surface area contributed by atoms with Gasteiger partial charge in [0.15, 0.2) is 0 Å². The van der Waals surface area contributed by atoms with Gasteiger partial charge in [0.25, 0.3) is 5.91 Å². The van der Waals surface area contributed by atoms with Crippen LogP contribution >= 0.6 is 11.3 Å². The molecular formula is C26H23N5O3S. The maximum Gasteiger partial charge on any atom is 0.251 e. The van der Waals surface area contributed by atoms with Crippen LogP contribution < -0.4 is 10.1 Å².